The number of benzene rings is 1. The molecule has 2 aromatic rings. The molecular formula is C16H18BrClN2O2. The summed E-state index contributed by atoms with van der Waals surface area (Å²) in [6.07, 6.45) is 2.48. The minimum Gasteiger partial charge on any atom is -0.390 e. The lowest BCUT2D eigenvalue weighted by atomic mass is 9.78. The van der Waals surface area contributed by atoms with E-state index in [1.807, 2.05) is 13.8 Å². The van der Waals surface area contributed by atoms with Gasteiger partial charge in [-0.25, -0.2) is 0 Å². The standard InChI is InChI=1S/C16H18BrClN2O2/c1-16(2,22)7-3-4-8-11(5-7)20-14-9(15(19)21)6-10(18)13(17)12(8)14/h6-7,20,22H,3-5H2,1-2H3,(H2,19,21)/t7-/m1/s1. The van der Waals surface area contributed by atoms with E-state index in [0.29, 0.717) is 10.6 Å². The number of hydrogen-bond donors (Lipinski definition) is 3. The fraction of sp³-hybridized carbons (Fsp3) is 0.438. The molecule has 0 aliphatic heterocycles. The number of rotatable bonds is 2. The second kappa shape index (κ2) is 5.25. The number of aromatic amines is 1. The van der Waals surface area contributed by atoms with Crippen LogP contribution in [0.4, 0.5) is 0 Å². The zero-order valence-corrected chi connectivity index (χ0v) is 14.8. The van der Waals surface area contributed by atoms with Crippen molar-refractivity contribution in [2.75, 3.05) is 0 Å². The molecule has 0 spiro atoms. The first-order valence-corrected chi connectivity index (χ1v) is 8.40. The molecule has 0 saturated heterocycles. The van der Waals surface area contributed by atoms with Crippen LogP contribution in [-0.4, -0.2) is 21.6 Å². The third-order valence-corrected chi connectivity index (χ3v) is 5.97. The summed E-state index contributed by atoms with van der Waals surface area (Å²) in [5, 5.41) is 11.7. The highest BCUT2D eigenvalue weighted by molar-refractivity contribution is 9.10. The number of primary amides is 1. The maximum Gasteiger partial charge on any atom is 0.250 e. The Balaban J connectivity index is 2.22. The Labute approximate surface area is 142 Å². The lowest BCUT2D eigenvalue weighted by molar-refractivity contribution is 0.0107. The van der Waals surface area contributed by atoms with Crippen molar-refractivity contribution in [2.45, 2.75) is 38.7 Å². The van der Waals surface area contributed by atoms with E-state index in [9.17, 15) is 9.90 Å². The molecule has 1 aliphatic carbocycles. The molecule has 4 nitrogen and oxygen atoms in total. The highest BCUT2D eigenvalue weighted by Crippen LogP contribution is 2.42. The molecule has 6 heteroatoms. The second-order valence-corrected chi connectivity index (χ2v) is 7.71. The van der Waals surface area contributed by atoms with Crippen LogP contribution < -0.4 is 5.73 Å². The zero-order valence-electron chi connectivity index (χ0n) is 12.5. The van der Waals surface area contributed by atoms with Crippen molar-refractivity contribution < 1.29 is 9.90 Å². The number of carbonyl (C=O) groups is 1. The van der Waals surface area contributed by atoms with Gasteiger partial charge < -0.3 is 15.8 Å². The van der Waals surface area contributed by atoms with E-state index in [4.69, 9.17) is 17.3 Å². The molecule has 0 fully saturated rings. The van der Waals surface area contributed by atoms with E-state index < -0.39 is 11.5 Å². The summed E-state index contributed by atoms with van der Waals surface area (Å²) in [5.74, 6) is -0.323. The highest BCUT2D eigenvalue weighted by Gasteiger charge is 2.33. The highest BCUT2D eigenvalue weighted by atomic mass is 79.9. The van der Waals surface area contributed by atoms with Crippen molar-refractivity contribution >= 4 is 44.3 Å². The third-order valence-electron chi connectivity index (χ3n) is 4.62. The smallest absolute Gasteiger partial charge is 0.250 e. The normalized spacial score (nSPS) is 18.5. The third kappa shape index (κ3) is 2.45. The fourth-order valence-electron chi connectivity index (χ4n) is 3.33. The van der Waals surface area contributed by atoms with E-state index in [-0.39, 0.29) is 5.92 Å². The molecular weight excluding hydrogens is 368 g/mol. The molecule has 0 saturated carbocycles. The molecule has 1 aromatic heterocycles. The number of nitrogens with one attached hydrogen (secondary N) is 1. The number of aliphatic hydroxyl groups is 1. The van der Waals surface area contributed by atoms with E-state index in [1.54, 1.807) is 6.07 Å². The van der Waals surface area contributed by atoms with Crippen LogP contribution in [0.3, 0.4) is 0 Å². The number of carbonyl (C=O) groups excluding carboxylic acids is 1. The summed E-state index contributed by atoms with van der Waals surface area (Å²) in [6, 6.07) is 1.59. The number of H-pyrrole nitrogens is 1. The average molecular weight is 386 g/mol. The van der Waals surface area contributed by atoms with Gasteiger partial charge in [-0.2, -0.15) is 0 Å². The van der Waals surface area contributed by atoms with Crippen molar-refractivity contribution in [3.05, 3.63) is 32.4 Å². The molecule has 1 aromatic carbocycles. The molecule has 118 valence electrons. The van der Waals surface area contributed by atoms with Gasteiger partial charge in [0.25, 0.3) is 5.91 Å². The molecule has 1 aliphatic rings. The van der Waals surface area contributed by atoms with Gasteiger partial charge in [0.05, 0.1) is 21.7 Å². The number of nitrogens with two attached hydrogens (primary N) is 1. The Morgan fingerprint density at radius 1 is 1.55 bits per heavy atom. The van der Waals surface area contributed by atoms with E-state index in [0.717, 1.165) is 45.9 Å². The van der Waals surface area contributed by atoms with Gasteiger partial charge in [-0.1, -0.05) is 11.6 Å². The summed E-state index contributed by atoms with van der Waals surface area (Å²) in [6.45, 7) is 3.68. The Bertz CT molecular complexity index is 777. The Morgan fingerprint density at radius 2 is 2.23 bits per heavy atom. The first-order chi connectivity index (χ1) is 10.2. The fourth-order valence-corrected chi connectivity index (χ4v) is 4.09. The summed E-state index contributed by atoms with van der Waals surface area (Å²) in [7, 11) is 0. The van der Waals surface area contributed by atoms with Crippen molar-refractivity contribution in [3.8, 4) is 0 Å². The number of aryl methyl sites for hydroxylation is 1. The largest absolute Gasteiger partial charge is 0.390 e. The van der Waals surface area contributed by atoms with E-state index in [2.05, 4.69) is 20.9 Å². The van der Waals surface area contributed by atoms with Gasteiger partial charge in [-0.15, -0.1) is 0 Å². The van der Waals surface area contributed by atoms with Gasteiger partial charge in [-0.05, 0) is 66.6 Å². The van der Waals surface area contributed by atoms with Crippen LogP contribution in [0, 0.1) is 5.92 Å². The monoisotopic (exact) mass is 384 g/mol. The predicted octanol–water partition coefficient (Wildman–Crippen LogP) is 3.56. The Kier molecular flexibility index (Phi) is 3.78. The number of halogens is 2. The maximum atomic E-state index is 11.7. The quantitative estimate of drug-likeness (QED) is 0.739. The first-order valence-electron chi connectivity index (χ1n) is 7.23. The van der Waals surface area contributed by atoms with Gasteiger partial charge in [-0.3, -0.25) is 4.79 Å². The van der Waals surface area contributed by atoms with E-state index in [1.165, 1.54) is 0 Å². The van der Waals surface area contributed by atoms with Gasteiger partial charge in [0.1, 0.15) is 0 Å². The molecule has 3 rings (SSSR count). The van der Waals surface area contributed by atoms with Gasteiger partial charge >= 0.3 is 0 Å². The van der Waals surface area contributed by atoms with Gasteiger partial charge in [0, 0.05) is 15.6 Å². The lowest BCUT2D eigenvalue weighted by Crippen LogP contribution is -2.34. The molecule has 1 heterocycles. The topological polar surface area (TPSA) is 79.1 Å². The SMILES string of the molecule is CC(C)(O)[C@@H]1CCc2c([nH]c3c(C(N)=O)cc(Cl)c(Br)c23)C1. The summed E-state index contributed by atoms with van der Waals surface area (Å²) in [4.78, 5) is 15.0. The Hall–Kier alpha value is -1.04. The van der Waals surface area contributed by atoms with Crippen LogP contribution in [0.1, 0.15) is 41.9 Å². The first kappa shape index (κ1) is 15.8. The lowest BCUT2D eigenvalue weighted by Gasteiger charge is -2.32. The minimum atomic E-state index is -0.726. The van der Waals surface area contributed by atoms with Crippen LogP contribution in [0.5, 0.6) is 0 Å². The zero-order chi connectivity index (χ0) is 16.2. The maximum absolute atomic E-state index is 11.7. The molecule has 0 radical (unpaired) electrons. The number of fused-ring (bicyclic) bond motifs is 3. The summed E-state index contributed by atoms with van der Waals surface area (Å²) in [5.41, 5.74) is 8.10. The van der Waals surface area contributed by atoms with Gasteiger partial charge in [0.2, 0.25) is 0 Å². The molecule has 0 unspecified atom stereocenters. The molecule has 22 heavy (non-hydrogen) atoms. The average Bonchev–Trinajstić information content (AvgIpc) is 2.79. The molecule has 0 bridgehead atoms. The summed E-state index contributed by atoms with van der Waals surface area (Å²) >= 11 is 9.75. The van der Waals surface area contributed by atoms with Crippen LogP contribution in [0.25, 0.3) is 10.9 Å². The van der Waals surface area contributed by atoms with Crippen LogP contribution in [0.15, 0.2) is 10.5 Å². The van der Waals surface area contributed by atoms with Crippen molar-refractivity contribution in [3.63, 3.8) is 0 Å². The van der Waals surface area contributed by atoms with Crippen molar-refractivity contribution in [1.29, 1.82) is 0 Å². The molecule has 1 amide bonds. The second-order valence-electron chi connectivity index (χ2n) is 6.51. The number of hydrogen-bond acceptors (Lipinski definition) is 2. The predicted molar refractivity (Wildman–Crippen MR) is 91.3 cm³/mol. The minimum absolute atomic E-state index is 0.180. The van der Waals surface area contributed by atoms with Crippen LogP contribution in [-0.2, 0) is 12.8 Å². The van der Waals surface area contributed by atoms with Crippen molar-refractivity contribution in [1.82, 2.24) is 4.98 Å². The van der Waals surface area contributed by atoms with Gasteiger partial charge in [0.15, 0.2) is 0 Å². The van der Waals surface area contributed by atoms with E-state index >= 15 is 0 Å². The summed E-state index contributed by atoms with van der Waals surface area (Å²) < 4.78 is 0.786. The molecule has 4 N–H and O–H groups in total. The molecule has 1 atom stereocenters. The van der Waals surface area contributed by atoms with Crippen LogP contribution >= 0.6 is 27.5 Å². The number of aromatic nitrogens is 1. The van der Waals surface area contributed by atoms with Crippen LogP contribution in [0.2, 0.25) is 5.02 Å². The van der Waals surface area contributed by atoms with Crippen molar-refractivity contribution in [2.24, 2.45) is 11.7 Å². The Morgan fingerprint density at radius 3 is 2.82 bits per heavy atom. The number of amides is 1.